The molecule has 2 aromatic rings. The predicted octanol–water partition coefficient (Wildman–Crippen LogP) is 2.83. The summed E-state index contributed by atoms with van der Waals surface area (Å²) in [5.41, 5.74) is 0.740. The highest BCUT2D eigenvalue weighted by Crippen LogP contribution is 2.15. The Balaban J connectivity index is 1.89. The van der Waals surface area contributed by atoms with Gasteiger partial charge in [-0.05, 0) is 37.0 Å². The van der Waals surface area contributed by atoms with Gasteiger partial charge < -0.3 is 15.2 Å². The maximum atomic E-state index is 12.2. The predicted molar refractivity (Wildman–Crippen MR) is 92.8 cm³/mol. The van der Waals surface area contributed by atoms with E-state index in [9.17, 15) is 4.79 Å². The summed E-state index contributed by atoms with van der Waals surface area (Å²) >= 11 is 0. The zero-order valence-electron chi connectivity index (χ0n) is 14.4. The summed E-state index contributed by atoms with van der Waals surface area (Å²) in [5, 5.41) is 16.2. The van der Waals surface area contributed by atoms with Crippen LogP contribution >= 0.6 is 0 Å². The molecule has 24 heavy (non-hydrogen) atoms. The minimum atomic E-state index is -0.667. The number of hydrogen-bond donors (Lipinski definition) is 2. The Morgan fingerprint density at radius 1 is 1.33 bits per heavy atom. The third-order valence-corrected chi connectivity index (χ3v) is 3.59. The average Bonchev–Trinajstić information content (AvgIpc) is 3.00. The van der Waals surface area contributed by atoms with Gasteiger partial charge in [0.1, 0.15) is 5.75 Å². The molecule has 2 rings (SSSR count). The van der Waals surface area contributed by atoms with Crippen molar-refractivity contribution >= 4 is 11.7 Å². The van der Waals surface area contributed by atoms with Crippen LogP contribution in [-0.4, -0.2) is 26.9 Å². The molecule has 0 bridgehead atoms. The number of aliphatic hydroxyl groups is 1. The SMILES string of the molecule is CC(C)CCn1ccc(NC(=O)C(C)Oc2cccc(CO)c2)n1. The molecule has 0 saturated carbocycles. The Morgan fingerprint density at radius 3 is 2.83 bits per heavy atom. The molecule has 0 radical (unpaired) electrons. The minimum Gasteiger partial charge on any atom is -0.481 e. The second kappa shape index (κ2) is 8.49. The van der Waals surface area contributed by atoms with Gasteiger partial charge >= 0.3 is 0 Å². The Hall–Kier alpha value is -2.34. The van der Waals surface area contributed by atoms with Gasteiger partial charge in [0.05, 0.1) is 6.61 Å². The van der Waals surface area contributed by atoms with Gasteiger partial charge in [-0.25, -0.2) is 0 Å². The van der Waals surface area contributed by atoms with Crippen molar-refractivity contribution in [3.8, 4) is 5.75 Å². The molecule has 0 aliphatic heterocycles. The van der Waals surface area contributed by atoms with Crippen LogP contribution < -0.4 is 10.1 Å². The number of amides is 1. The fraction of sp³-hybridized carbons (Fsp3) is 0.444. The first-order valence-electron chi connectivity index (χ1n) is 8.18. The molecule has 1 unspecified atom stereocenters. The van der Waals surface area contributed by atoms with Gasteiger partial charge in [-0.3, -0.25) is 9.48 Å². The number of aromatic nitrogens is 2. The van der Waals surface area contributed by atoms with Gasteiger partial charge in [0.15, 0.2) is 11.9 Å². The van der Waals surface area contributed by atoms with Gasteiger partial charge in [0.2, 0.25) is 0 Å². The maximum Gasteiger partial charge on any atom is 0.266 e. The van der Waals surface area contributed by atoms with Crippen LogP contribution in [0.15, 0.2) is 36.5 Å². The molecule has 1 atom stereocenters. The van der Waals surface area contributed by atoms with Gasteiger partial charge in [0, 0.05) is 18.8 Å². The van der Waals surface area contributed by atoms with E-state index in [-0.39, 0.29) is 12.5 Å². The number of rotatable bonds is 8. The van der Waals surface area contributed by atoms with Gasteiger partial charge in [-0.2, -0.15) is 5.10 Å². The second-order valence-electron chi connectivity index (χ2n) is 6.20. The van der Waals surface area contributed by atoms with E-state index >= 15 is 0 Å². The van der Waals surface area contributed by atoms with Crippen molar-refractivity contribution in [1.82, 2.24) is 9.78 Å². The lowest BCUT2D eigenvalue weighted by Crippen LogP contribution is -2.30. The fourth-order valence-electron chi connectivity index (χ4n) is 2.15. The summed E-state index contributed by atoms with van der Waals surface area (Å²) in [4.78, 5) is 12.2. The Kier molecular flexibility index (Phi) is 6.37. The standard InChI is InChI=1S/C18H25N3O3/c1-13(2)7-9-21-10-8-17(20-21)19-18(23)14(3)24-16-6-4-5-15(11-16)12-22/h4-6,8,10-11,13-14,22H,7,9,12H2,1-3H3,(H,19,20,23). The van der Waals surface area contributed by atoms with E-state index in [0.29, 0.717) is 17.5 Å². The zero-order valence-corrected chi connectivity index (χ0v) is 14.4. The molecule has 2 N–H and O–H groups in total. The lowest BCUT2D eigenvalue weighted by molar-refractivity contribution is -0.122. The van der Waals surface area contributed by atoms with Crippen LogP contribution in [-0.2, 0) is 17.9 Å². The largest absolute Gasteiger partial charge is 0.481 e. The normalized spacial score (nSPS) is 12.2. The summed E-state index contributed by atoms with van der Waals surface area (Å²) in [6, 6.07) is 8.81. The van der Waals surface area contributed by atoms with Crippen molar-refractivity contribution in [3.05, 3.63) is 42.1 Å². The van der Waals surface area contributed by atoms with Crippen molar-refractivity contribution in [2.45, 2.75) is 46.4 Å². The Bertz CT molecular complexity index is 667. The number of benzene rings is 1. The van der Waals surface area contributed by atoms with Crippen LogP contribution in [0, 0.1) is 5.92 Å². The van der Waals surface area contributed by atoms with Crippen LogP contribution in [0.5, 0.6) is 5.75 Å². The highest BCUT2D eigenvalue weighted by atomic mass is 16.5. The lowest BCUT2D eigenvalue weighted by atomic mass is 10.1. The fourth-order valence-corrected chi connectivity index (χ4v) is 2.15. The number of aliphatic hydroxyl groups excluding tert-OH is 1. The van der Waals surface area contributed by atoms with E-state index < -0.39 is 6.10 Å². The van der Waals surface area contributed by atoms with Crippen molar-refractivity contribution in [2.24, 2.45) is 5.92 Å². The number of nitrogens with one attached hydrogen (secondary N) is 1. The first-order chi connectivity index (χ1) is 11.5. The van der Waals surface area contributed by atoms with Crippen LogP contribution in [0.1, 0.15) is 32.8 Å². The Morgan fingerprint density at radius 2 is 2.12 bits per heavy atom. The summed E-state index contributed by atoms with van der Waals surface area (Å²) < 4.78 is 7.44. The molecule has 0 spiro atoms. The first kappa shape index (κ1) is 18.0. The van der Waals surface area contributed by atoms with Gasteiger partial charge in [-0.15, -0.1) is 0 Å². The zero-order chi connectivity index (χ0) is 17.5. The van der Waals surface area contributed by atoms with E-state index in [1.807, 2.05) is 10.9 Å². The van der Waals surface area contributed by atoms with Gasteiger partial charge in [-0.1, -0.05) is 26.0 Å². The van der Waals surface area contributed by atoms with Crippen LogP contribution in [0.2, 0.25) is 0 Å². The maximum absolute atomic E-state index is 12.2. The summed E-state index contributed by atoms with van der Waals surface area (Å²) in [6.45, 7) is 6.77. The topological polar surface area (TPSA) is 76.4 Å². The number of ether oxygens (including phenoxy) is 1. The molecular formula is C18H25N3O3. The molecule has 6 heteroatoms. The van der Waals surface area contributed by atoms with Crippen molar-refractivity contribution in [1.29, 1.82) is 0 Å². The monoisotopic (exact) mass is 331 g/mol. The van der Waals surface area contributed by atoms with Crippen LogP contribution in [0.4, 0.5) is 5.82 Å². The number of aryl methyl sites for hydroxylation is 1. The average molecular weight is 331 g/mol. The van der Waals surface area contributed by atoms with Crippen LogP contribution in [0.25, 0.3) is 0 Å². The minimum absolute atomic E-state index is 0.0639. The molecule has 0 aliphatic rings. The second-order valence-corrected chi connectivity index (χ2v) is 6.20. The van der Waals surface area contributed by atoms with E-state index in [4.69, 9.17) is 9.84 Å². The number of carbonyl (C=O) groups excluding carboxylic acids is 1. The van der Waals surface area contributed by atoms with Crippen LogP contribution in [0.3, 0.4) is 0 Å². The smallest absolute Gasteiger partial charge is 0.266 e. The molecule has 1 heterocycles. The molecule has 1 aromatic carbocycles. The molecule has 1 aromatic heterocycles. The molecule has 0 saturated heterocycles. The molecular weight excluding hydrogens is 306 g/mol. The molecule has 6 nitrogen and oxygen atoms in total. The van der Waals surface area contributed by atoms with Gasteiger partial charge in [0.25, 0.3) is 5.91 Å². The summed E-state index contributed by atoms with van der Waals surface area (Å²) in [5.74, 6) is 1.41. The molecule has 0 aliphatic carbocycles. The third-order valence-electron chi connectivity index (χ3n) is 3.59. The van der Waals surface area contributed by atoms with E-state index in [1.54, 1.807) is 37.3 Å². The molecule has 130 valence electrons. The van der Waals surface area contributed by atoms with E-state index in [1.165, 1.54) is 0 Å². The first-order valence-corrected chi connectivity index (χ1v) is 8.18. The highest BCUT2D eigenvalue weighted by Gasteiger charge is 2.16. The lowest BCUT2D eigenvalue weighted by Gasteiger charge is -2.14. The van der Waals surface area contributed by atoms with E-state index in [2.05, 4.69) is 24.3 Å². The van der Waals surface area contributed by atoms with Crippen molar-refractivity contribution in [2.75, 3.05) is 5.32 Å². The third kappa shape index (κ3) is 5.38. The number of hydrogen-bond acceptors (Lipinski definition) is 4. The number of carbonyl (C=O) groups is 1. The number of anilines is 1. The number of nitrogens with zero attached hydrogens (tertiary/aromatic N) is 2. The summed E-state index contributed by atoms with van der Waals surface area (Å²) in [7, 11) is 0. The quantitative estimate of drug-likeness (QED) is 0.780. The van der Waals surface area contributed by atoms with Crippen molar-refractivity contribution in [3.63, 3.8) is 0 Å². The van der Waals surface area contributed by atoms with E-state index in [0.717, 1.165) is 18.5 Å². The molecule has 0 fully saturated rings. The summed E-state index contributed by atoms with van der Waals surface area (Å²) in [6.07, 6.45) is 2.23. The molecule has 1 amide bonds. The highest BCUT2D eigenvalue weighted by molar-refractivity contribution is 5.93. The Labute approximate surface area is 142 Å². The van der Waals surface area contributed by atoms with Crippen molar-refractivity contribution < 1.29 is 14.6 Å².